The van der Waals surface area contributed by atoms with E-state index in [1.807, 2.05) is 0 Å². The molecular formula is C15H20Br2O. The number of rotatable bonds is 5. The maximum absolute atomic E-state index is 5.68. The summed E-state index contributed by atoms with van der Waals surface area (Å²) < 4.78 is 6.75. The number of benzene rings is 1. The van der Waals surface area contributed by atoms with E-state index in [4.69, 9.17) is 4.74 Å². The Morgan fingerprint density at radius 3 is 2.67 bits per heavy atom. The summed E-state index contributed by atoms with van der Waals surface area (Å²) in [6.07, 6.45) is 6.50. The Morgan fingerprint density at radius 1 is 1.33 bits per heavy atom. The molecule has 1 atom stereocenters. The van der Waals surface area contributed by atoms with Gasteiger partial charge in [0.2, 0.25) is 0 Å². The highest BCUT2D eigenvalue weighted by Gasteiger charge is 2.24. The van der Waals surface area contributed by atoms with Gasteiger partial charge in [0, 0.05) is 4.83 Å². The Balaban J connectivity index is 2.07. The summed E-state index contributed by atoms with van der Waals surface area (Å²) in [5.74, 6) is 1.74. The lowest BCUT2D eigenvalue weighted by Crippen LogP contribution is -2.03. The largest absolute Gasteiger partial charge is 0.492 e. The van der Waals surface area contributed by atoms with Crippen molar-refractivity contribution in [2.45, 2.75) is 43.9 Å². The zero-order valence-corrected chi connectivity index (χ0v) is 14.0. The average Bonchev–Trinajstić information content (AvgIpc) is 2.90. The van der Waals surface area contributed by atoms with Gasteiger partial charge < -0.3 is 4.74 Å². The van der Waals surface area contributed by atoms with Gasteiger partial charge in [0.05, 0.1) is 11.1 Å². The van der Waals surface area contributed by atoms with Crippen molar-refractivity contribution >= 4 is 31.9 Å². The van der Waals surface area contributed by atoms with Crippen LogP contribution in [0.2, 0.25) is 0 Å². The highest BCUT2D eigenvalue weighted by molar-refractivity contribution is 9.10. The molecule has 100 valence electrons. The van der Waals surface area contributed by atoms with Crippen molar-refractivity contribution in [2.75, 3.05) is 6.61 Å². The second-order valence-electron chi connectivity index (χ2n) is 4.98. The molecular weight excluding hydrogens is 356 g/mol. The molecule has 3 heteroatoms. The van der Waals surface area contributed by atoms with Gasteiger partial charge in [0.1, 0.15) is 5.75 Å². The quantitative estimate of drug-likeness (QED) is 0.585. The van der Waals surface area contributed by atoms with Crippen molar-refractivity contribution in [3.05, 3.63) is 28.2 Å². The minimum absolute atomic E-state index is 0.483. The van der Waals surface area contributed by atoms with Crippen LogP contribution in [0.3, 0.4) is 0 Å². The fourth-order valence-electron chi connectivity index (χ4n) is 2.54. The molecule has 1 unspecified atom stereocenters. The molecule has 1 saturated carbocycles. The zero-order chi connectivity index (χ0) is 13.0. The third-order valence-electron chi connectivity index (χ3n) is 3.55. The molecule has 0 saturated heterocycles. The van der Waals surface area contributed by atoms with Gasteiger partial charge in [-0.05, 0) is 58.8 Å². The van der Waals surface area contributed by atoms with Gasteiger partial charge in [-0.25, -0.2) is 0 Å². The normalized spacial score (nSPS) is 17.9. The molecule has 0 bridgehead atoms. The third-order valence-corrected chi connectivity index (χ3v) is 5.45. The predicted octanol–water partition coefficient (Wildman–Crippen LogP) is 5.86. The Hall–Kier alpha value is -0.0200. The first kappa shape index (κ1) is 14.4. The Kier molecular flexibility index (Phi) is 5.56. The molecule has 1 nitrogen and oxygen atoms in total. The summed E-state index contributed by atoms with van der Waals surface area (Å²) in [4.78, 5) is 0.483. The van der Waals surface area contributed by atoms with E-state index < -0.39 is 0 Å². The lowest BCUT2D eigenvalue weighted by Gasteiger charge is -2.18. The molecule has 0 spiro atoms. The molecule has 1 fully saturated rings. The van der Waals surface area contributed by atoms with Gasteiger partial charge in [-0.15, -0.1) is 0 Å². The standard InChI is InChI=1S/C15H20Br2O/c1-2-9-18-14-8-7-12(10-13(14)16)15(17)11-5-3-4-6-11/h7-8,10-11,15H,2-6,9H2,1H3. The van der Waals surface area contributed by atoms with Crippen LogP contribution in [0.5, 0.6) is 5.75 Å². The lowest BCUT2D eigenvalue weighted by atomic mass is 9.98. The van der Waals surface area contributed by atoms with Crippen LogP contribution in [0.25, 0.3) is 0 Å². The summed E-state index contributed by atoms with van der Waals surface area (Å²) in [6.45, 7) is 2.90. The molecule has 0 heterocycles. The molecule has 0 radical (unpaired) electrons. The van der Waals surface area contributed by atoms with Gasteiger partial charge in [-0.3, -0.25) is 0 Å². The molecule has 2 rings (SSSR count). The molecule has 1 aromatic carbocycles. The molecule has 0 aliphatic heterocycles. The summed E-state index contributed by atoms with van der Waals surface area (Å²) in [5, 5.41) is 0. The first-order chi connectivity index (χ1) is 8.72. The number of hydrogen-bond donors (Lipinski definition) is 0. The van der Waals surface area contributed by atoms with Gasteiger partial charge in [-0.2, -0.15) is 0 Å². The van der Waals surface area contributed by atoms with Crippen molar-refractivity contribution < 1.29 is 4.74 Å². The van der Waals surface area contributed by atoms with E-state index in [1.54, 1.807) is 0 Å². The Labute approximate surface area is 127 Å². The van der Waals surface area contributed by atoms with Crippen LogP contribution in [-0.4, -0.2) is 6.61 Å². The highest BCUT2D eigenvalue weighted by atomic mass is 79.9. The van der Waals surface area contributed by atoms with Crippen LogP contribution in [0, 0.1) is 5.92 Å². The minimum atomic E-state index is 0.483. The van der Waals surface area contributed by atoms with Crippen LogP contribution in [0.1, 0.15) is 49.4 Å². The fraction of sp³-hybridized carbons (Fsp3) is 0.600. The summed E-state index contributed by atoms with van der Waals surface area (Å²) in [7, 11) is 0. The van der Waals surface area contributed by atoms with Crippen molar-refractivity contribution in [3.63, 3.8) is 0 Å². The molecule has 1 aromatic rings. The first-order valence-corrected chi connectivity index (χ1v) is 8.49. The second kappa shape index (κ2) is 6.95. The molecule has 0 N–H and O–H groups in total. The zero-order valence-electron chi connectivity index (χ0n) is 10.8. The minimum Gasteiger partial charge on any atom is -0.492 e. The average molecular weight is 376 g/mol. The SMILES string of the molecule is CCCOc1ccc(C(Br)C2CCCC2)cc1Br. The van der Waals surface area contributed by atoms with E-state index in [0.717, 1.165) is 29.2 Å². The number of alkyl halides is 1. The molecule has 0 aromatic heterocycles. The van der Waals surface area contributed by atoms with Gasteiger partial charge in [-0.1, -0.05) is 41.8 Å². The fourth-order valence-corrected chi connectivity index (χ4v) is 3.86. The lowest BCUT2D eigenvalue weighted by molar-refractivity contribution is 0.315. The monoisotopic (exact) mass is 374 g/mol. The summed E-state index contributed by atoms with van der Waals surface area (Å²) >= 11 is 7.47. The van der Waals surface area contributed by atoms with Gasteiger partial charge in [0.15, 0.2) is 0 Å². The predicted molar refractivity (Wildman–Crippen MR) is 83.6 cm³/mol. The number of hydrogen-bond acceptors (Lipinski definition) is 1. The van der Waals surface area contributed by atoms with E-state index in [-0.39, 0.29) is 0 Å². The number of halogens is 2. The maximum Gasteiger partial charge on any atom is 0.133 e. The third kappa shape index (κ3) is 3.51. The first-order valence-electron chi connectivity index (χ1n) is 6.78. The van der Waals surface area contributed by atoms with Crippen LogP contribution in [-0.2, 0) is 0 Å². The second-order valence-corrected chi connectivity index (χ2v) is 6.83. The van der Waals surface area contributed by atoms with Gasteiger partial charge in [0.25, 0.3) is 0 Å². The van der Waals surface area contributed by atoms with Crippen LogP contribution in [0.4, 0.5) is 0 Å². The van der Waals surface area contributed by atoms with E-state index in [1.165, 1.54) is 31.2 Å². The Bertz CT molecular complexity index is 386. The van der Waals surface area contributed by atoms with Crippen molar-refractivity contribution in [2.24, 2.45) is 5.92 Å². The van der Waals surface area contributed by atoms with Crippen molar-refractivity contribution in [1.82, 2.24) is 0 Å². The van der Waals surface area contributed by atoms with E-state index in [2.05, 4.69) is 57.0 Å². The van der Waals surface area contributed by atoms with E-state index in [0.29, 0.717) is 4.83 Å². The molecule has 18 heavy (non-hydrogen) atoms. The van der Waals surface area contributed by atoms with Gasteiger partial charge >= 0.3 is 0 Å². The van der Waals surface area contributed by atoms with Crippen LogP contribution in [0.15, 0.2) is 22.7 Å². The summed E-state index contributed by atoms with van der Waals surface area (Å²) in [5.41, 5.74) is 1.36. The molecule has 1 aliphatic rings. The smallest absolute Gasteiger partial charge is 0.133 e. The maximum atomic E-state index is 5.68. The van der Waals surface area contributed by atoms with E-state index in [9.17, 15) is 0 Å². The van der Waals surface area contributed by atoms with Crippen LogP contribution < -0.4 is 4.74 Å². The van der Waals surface area contributed by atoms with Crippen molar-refractivity contribution in [1.29, 1.82) is 0 Å². The topological polar surface area (TPSA) is 9.23 Å². The van der Waals surface area contributed by atoms with Crippen molar-refractivity contribution in [3.8, 4) is 5.75 Å². The number of ether oxygens (including phenoxy) is 1. The van der Waals surface area contributed by atoms with Crippen LogP contribution >= 0.6 is 31.9 Å². The molecule has 0 amide bonds. The summed E-state index contributed by atoms with van der Waals surface area (Å²) in [6, 6.07) is 6.47. The highest BCUT2D eigenvalue weighted by Crippen LogP contribution is 2.42. The Morgan fingerprint density at radius 2 is 2.06 bits per heavy atom. The van der Waals surface area contributed by atoms with E-state index >= 15 is 0 Å². The molecule has 1 aliphatic carbocycles.